The Bertz CT molecular complexity index is 915. The highest BCUT2D eigenvalue weighted by molar-refractivity contribution is 6.33. The van der Waals surface area contributed by atoms with Crippen molar-refractivity contribution < 1.29 is 4.79 Å². The number of nitrogens with zero attached hydrogens (tertiary/aromatic N) is 3. The summed E-state index contributed by atoms with van der Waals surface area (Å²) in [5.74, 6) is 0.0486. The highest BCUT2D eigenvalue weighted by Crippen LogP contribution is 2.27. The molecule has 0 saturated heterocycles. The lowest BCUT2D eigenvalue weighted by Gasteiger charge is -2.25. The van der Waals surface area contributed by atoms with Crippen LogP contribution in [0.3, 0.4) is 0 Å². The van der Waals surface area contributed by atoms with Gasteiger partial charge in [0.05, 0.1) is 10.6 Å². The largest absolute Gasteiger partial charge is 0.366 e. The van der Waals surface area contributed by atoms with E-state index in [9.17, 15) is 4.79 Å². The molecule has 0 radical (unpaired) electrons. The van der Waals surface area contributed by atoms with Crippen LogP contribution in [0.1, 0.15) is 27.0 Å². The second-order valence-corrected chi connectivity index (χ2v) is 6.44. The number of hydrogen-bond donors (Lipinski definition) is 1. The molecule has 1 aromatic carbocycles. The minimum Gasteiger partial charge on any atom is -0.366 e. The van der Waals surface area contributed by atoms with Crippen LogP contribution in [0.2, 0.25) is 5.02 Å². The second kappa shape index (κ2) is 7.97. The van der Waals surface area contributed by atoms with Gasteiger partial charge in [0.2, 0.25) is 5.91 Å². The van der Waals surface area contributed by atoms with Crippen LogP contribution in [-0.2, 0) is 13.1 Å². The third kappa shape index (κ3) is 4.18. The maximum atomic E-state index is 11.4. The number of benzene rings is 1. The number of amides is 1. The molecule has 26 heavy (non-hydrogen) atoms. The molecule has 0 aliphatic carbocycles. The number of carbonyl (C=O) groups is 1. The molecule has 6 heteroatoms. The molecular formula is C20H19ClN4O. The Hall–Kier alpha value is -2.92. The summed E-state index contributed by atoms with van der Waals surface area (Å²) in [6.45, 7) is 3.29. The molecule has 0 spiro atoms. The van der Waals surface area contributed by atoms with Crippen molar-refractivity contribution in [3.05, 3.63) is 88.3 Å². The summed E-state index contributed by atoms with van der Waals surface area (Å²) in [4.78, 5) is 22.0. The Morgan fingerprint density at radius 1 is 1.15 bits per heavy atom. The van der Waals surface area contributed by atoms with Gasteiger partial charge in [0.25, 0.3) is 0 Å². The van der Waals surface area contributed by atoms with Crippen LogP contribution < -0.4 is 10.6 Å². The van der Waals surface area contributed by atoms with Gasteiger partial charge in [-0.2, -0.15) is 0 Å². The number of nitrogens with two attached hydrogens (primary N) is 1. The summed E-state index contributed by atoms with van der Waals surface area (Å²) in [5, 5.41) is 0.388. The number of hydrogen-bond acceptors (Lipinski definition) is 4. The molecular weight excluding hydrogens is 348 g/mol. The van der Waals surface area contributed by atoms with Crippen LogP contribution in [0.25, 0.3) is 0 Å². The van der Waals surface area contributed by atoms with Crippen LogP contribution in [0.4, 0.5) is 5.82 Å². The van der Waals surface area contributed by atoms with Gasteiger partial charge in [0.1, 0.15) is 5.82 Å². The van der Waals surface area contributed by atoms with E-state index in [2.05, 4.69) is 33.9 Å². The van der Waals surface area contributed by atoms with Gasteiger partial charge in [0, 0.05) is 31.7 Å². The zero-order chi connectivity index (χ0) is 18.5. The van der Waals surface area contributed by atoms with E-state index in [0.29, 0.717) is 23.9 Å². The Morgan fingerprint density at radius 2 is 1.96 bits per heavy atom. The number of primary amides is 1. The highest BCUT2D eigenvalue weighted by atomic mass is 35.5. The molecule has 0 unspecified atom stereocenters. The smallest absolute Gasteiger partial charge is 0.250 e. The summed E-state index contributed by atoms with van der Waals surface area (Å²) in [6, 6.07) is 13.6. The minimum atomic E-state index is -0.552. The number of rotatable bonds is 6. The lowest BCUT2D eigenvalue weighted by Crippen LogP contribution is -2.24. The van der Waals surface area contributed by atoms with E-state index in [4.69, 9.17) is 17.3 Å². The summed E-state index contributed by atoms with van der Waals surface area (Å²) in [7, 11) is 0. The Balaban J connectivity index is 1.97. The SMILES string of the molecule is Cc1ccccc1CN(Cc1cccnc1)c1ncc(C(N)=O)cc1Cl. The lowest BCUT2D eigenvalue weighted by atomic mass is 10.1. The number of aromatic nitrogens is 2. The van der Waals surface area contributed by atoms with Gasteiger partial charge in [-0.05, 0) is 35.7 Å². The molecule has 2 N–H and O–H groups in total. The van der Waals surface area contributed by atoms with E-state index in [1.165, 1.54) is 17.3 Å². The first kappa shape index (κ1) is 17.9. The summed E-state index contributed by atoms with van der Waals surface area (Å²) in [6.07, 6.45) is 5.01. The number of halogens is 1. The lowest BCUT2D eigenvalue weighted by molar-refractivity contribution is 0.1000. The maximum absolute atomic E-state index is 11.4. The van der Waals surface area contributed by atoms with Gasteiger partial charge in [-0.15, -0.1) is 0 Å². The molecule has 0 bridgehead atoms. The zero-order valence-electron chi connectivity index (χ0n) is 14.4. The number of pyridine rings is 2. The molecule has 3 aromatic rings. The first-order chi connectivity index (χ1) is 12.5. The predicted molar refractivity (Wildman–Crippen MR) is 103 cm³/mol. The minimum absolute atomic E-state index is 0.288. The van der Waals surface area contributed by atoms with Crippen LogP contribution in [0.15, 0.2) is 61.1 Å². The van der Waals surface area contributed by atoms with Crippen molar-refractivity contribution in [2.45, 2.75) is 20.0 Å². The molecule has 5 nitrogen and oxygen atoms in total. The van der Waals surface area contributed by atoms with E-state index < -0.39 is 5.91 Å². The molecule has 0 aliphatic rings. The third-order valence-corrected chi connectivity index (χ3v) is 4.40. The quantitative estimate of drug-likeness (QED) is 0.721. The van der Waals surface area contributed by atoms with Gasteiger partial charge in [0.15, 0.2) is 0 Å². The van der Waals surface area contributed by atoms with Crippen LogP contribution in [0.5, 0.6) is 0 Å². The molecule has 3 rings (SSSR count). The second-order valence-electron chi connectivity index (χ2n) is 6.04. The Labute approximate surface area is 157 Å². The van der Waals surface area contributed by atoms with E-state index >= 15 is 0 Å². The number of aryl methyl sites for hydroxylation is 1. The van der Waals surface area contributed by atoms with Gasteiger partial charge < -0.3 is 10.6 Å². The first-order valence-corrected chi connectivity index (χ1v) is 8.56. The summed E-state index contributed by atoms with van der Waals surface area (Å²) >= 11 is 6.41. The average molecular weight is 367 g/mol. The van der Waals surface area contributed by atoms with Crippen LogP contribution >= 0.6 is 11.6 Å². The van der Waals surface area contributed by atoms with E-state index in [-0.39, 0.29) is 5.56 Å². The van der Waals surface area contributed by atoms with Crippen molar-refractivity contribution >= 4 is 23.3 Å². The highest BCUT2D eigenvalue weighted by Gasteiger charge is 2.16. The van der Waals surface area contributed by atoms with Crippen LogP contribution in [0, 0.1) is 6.92 Å². The molecule has 0 atom stereocenters. The number of carbonyl (C=O) groups excluding carboxylic acids is 1. The van der Waals surface area contributed by atoms with Gasteiger partial charge >= 0.3 is 0 Å². The van der Waals surface area contributed by atoms with Crippen molar-refractivity contribution in [1.82, 2.24) is 9.97 Å². The van der Waals surface area contributed by atoms with Crippen molar-refractivity contribution in [2.24, 2.45) is 5.73 Å². The molecule has 2 heterocycles. The zero-order valence-corrected chi connectivity index (χ0v) is 15.1. The monoisotopic (exact) mass is 366 g/mol. The Morgan fingerprint density at radius 3 is 2.62 bits per heavy atom. The third-order valence-electron chi connectivity index (χ3n) is 4.12. The standard InChI is InChI=1S/C20H19ClN4O/c1-14-5-2-3-7-16(14)13-25(12-15-6-4-8-23-10-15)20-18(21)9-17(11-24-20)19(22)26/h2-11H,12-13H2,1H3,(H2,22,26). The topological polar surface area (TPSA) is 72.1 Å². The fourth-order valence-corrected chi connectivity index (χ4v) is 2.99. The van der Waals surface area contributed by atoms with Crippen molar-refractivity contribution in [1.29, 1.82) is 0 Å². The van der Waals surface area contributed by atoms with E-state index in [0.717, 1.165) is 5.56 Å². The predicted octanol–water partition coefficient (Wildman–Crippen LogP) is 3.74. The fourth-order valence-electron chi connectivity index (χ4n) is 2.71. The molecule has 132 valence electrons. The molecule has 1 amide bonds. The van der Waals surface area contributed by atoms with Crippen molar-refractivity contribution in [3.8, 4) is 0 Å². The van der Waals surface area contributed by atoms with Gasteiger partial charge in [-0.1, -0.05) is 41.9 Å². The summed E-state index contributed by atoms with van der Waals surface area (Å²) in [5.41, 5.74) is 9.01. The van der Waals surface area contributed by atoms with Crippen LogP contribution in [-0.4, -0.2) is 15.9 Å². The fraction of sp³-hybridized carbons (Fsp3) is 0.150. The molecule has 0 fully saturated rings. The number of anilines is 1. The first-order valence-electron chi connectivity index (χ1n) is 8.18. The molecule has 0 aliphatic heterocycles. The molecule has 2 aromatic heterocycles. The Kier molecular flexibility index (Phi) is 5.49. The van der Waals surface area contributed by atoms with E-state index in [1.807, 2.05) is 30.5 Å². The van der Waals surface area contributed by atoms with Crippen molar-refractivity contribution in [3.63, 3.8) is 0 Å². The van der Waals surface area contributed by atoms with Gasteiger partial charge in [-0.25, -0.2) is 4.98 Å². The van der Waals surface area contributed by atoms with E-state index in [1.54, 1.807) is 12.3 Å². The maximum Gasteiger partial charge on any atom is 0.250 e. The normalized spacial score (nSPS) is 10.5. The average Bonchev–Trinajstić information content (AvgIpc) is 2.64. The van der Waals surface area contributed by atoms with Crippen molar-refractivity contribution in [2.75, 3.05) is 4.90 Å². The molecule has 0 saturated carbocycles. The summed E-state index contributed by atoms with van der Waals surface area (Å²) < 4.78 is 0. The van der Waals surface area contributed by atoms with Gasteiger partial charge in [-0.3, -0.25) is 9.78 Å².